The molecule has 0 aromatic heterocycles. The van der Waals surface area contributed by atoms with Crippen molar-refractivity contribution in [3.63, 3.8) is 0 Å². The summed E-state index contributed by atoms with van der Waals surface area (Å²) >= 11 is 0. The molecule has 1 unspecified atom stereocenters. The van der Waals surface area contributed by atoms with Gasteiger partial charge in [0.2, 0.25) is 0 Å². The second-order valence-corrected chi connectivity index (χ2v) is 3.98. The van der Waals surface area contributed by atoms with Crippen molar-refractivity contribution in [1.29, 1.82) is 0 Å². The number of rotatable bonds is 4. The first-order valence-electron chi connectivity index (χ1n) is 5.75. The number of hydrogen-bond acceptors (Lipinski definition) is 1. The van der Waals surface area contributed by atoms with E-state index in [4.69, 9.17) is 0 Å². The summed E-state index contributed by atoms with van der Waals surface area (Å²) in [4.78, 5) is 0. The zero-order chi connectivity index (χ0) is 13.6. The Morgan fingerprint density at radius 2 is 2.06 bits per heavy atom. The third-order valence-electron chi connectivity index (χ3n) is 2.59. The highest BCUT2D eigenvalue weighted by atomic mass is 19.4. The molecule has 4 heteroatoms. The van der Waals surface area contributed by atoms with Gasteiger partial charge in [0, 0.05) is 19.0 Å². The Labute approximate surface area is 105 Å². The molecule has 0 spiro atoms. The maximum atomic E-state index is 12.5. The minimum absolute atomic E-state index is 0.119. The average Bonchev–Trinajstić information content (AvgIpc) is 2.33. The van der Waals surface area contributed by atoms with Gasteiger partial charge in [-0.05, 0) is 31.5 Å². The molecule has 1 rings (SSSR count). The Kier molecular flexibility index (Phi) is 5.24. The average molecular weight is 255 g/mol. The van der Waals surface area contributed by atoms with Gasteiger partial charge in [0.15, 0.2) is 0 Å². The minimum Gasteiger partial charge on any atom is -0.309 e. The molecule has 98 valence electrons. The lowest BCUT2D eigenvalue weighted by Gasteiger charge is -2.15. The molecule has 1 N–H and O–H groups in total. The van der Waals surface area contributed by atoms with Gasteiger partial charge in [0.05, 0.1) is 5.56 Å². The van der Waals surface area contributed by atoms with Crippen LogP contribution in [0, 0.1) is 11.8 Å². The zero-order valence-electron chi connectivity index (χ0n) is 10.4. The summed E-state index contributed by atoms with van der Waals surface area (Å²) in [6.45, 7) is 4.27. The maximum absolute atomic E-state index is 12.5. The van der Waals surface area contributed by atoms with E-state index in [2.05, 4.69) is 17.2 Å². The van der Waals surface area contributed by atoms with Crippen LogP contribution in [0.1, 0.15) is 37.4 Å². The standard InChI is InChI=1S/C14H16F3N/c1-3-4-5-9-18-11(2)12-7-6-8-13(10-12)14(15,16)17/h6-8,10-11,18H,5,9H2,1-2H3. The SMILES string of the molecule is CC#CCCNC(C)c1cccc(C(F)(F)F)c1. The monoisotopic (exact) mass is 255 g/mol. The van der Waals surface area contributed by atoms with Crippen LogP contribution in [-0.2, 0) is 6.18 Å². The molecule has 1 nitrogen and oxygen atoms in total. The number of alkyl halides is 3. The van der Waals surface area contributed by atoms with E-state index in [0.717, 1.165) is 6.07 Å². The van der Waals surface area contributed by atoms with Crippen LogP contribution in [-0.4, -0.2) is 6.54 Å². The molecule has 0 amide bonds. The van der Waals surface area contributed by atoms with E-state index in [1.165, 1.54) is 12.1 Å². The minimum atomic E-state index is -4.29. The fourth-order valence-corrected chi connectivity index (χ4v) is 1.58. The molecule has 0 radical (unpaired) electrons. The Bertz CT molecular complexity index is 440. The molecule has 0 aliphatic carbocycles. The molecule has 0 aliphatic heterocycles. The molecule has 0 bridgehead atoms. The number of hydrogen-bond donors (Lipinski definition) is 1. The van der Waals surface area contributed by atoms with Crippen molar-refractivity contribution in [2.45, 2.75) is 32.5 Å². The van der Waals surface area contributed by atoms with Gasteiger partial charge < -0.3 is 5.32 Å². The number of nitrogens with one attached hydrogen (secondary N) is 1. The van der Waals surface area contributed by atoms with E-state index in [9.17, 15) is 13.2 Å². The third-order valence-corrected chi connectivity index (χ3v) is 2.59. The summed E-state index contributed by atoms with van der Waals surface area (Å²) in [5.41, 5.74) is 0.0243. The van der Waals surface area contributed by atoms with Crippen LogP contribution in [0.15, 0.2) is 24.3 Å². The molecular weight excluding hydrogens is 239 g/mol. The molecule has 0 saturated heterocycles. The summed E-state index contributed by atoms with van der Waals surface area (Å²) in [5.74, 6) is 5.67. The van der Waals surface area contributed by atoms with E-state index in [1.54, 1.807) is 13.0 Å². The van der Waals surface area contributed by atoms with Crippen LogP contribution in [0.25, 0.3) is 0 Å². The molecule has 0 aliphatic rings. The first kappa shape index (κ1) is 14.6. The van der Waals surface area contributed by atoms with Crippen LogP contribution in [0.2, 0.25) is 0 Å². The topological polar surface area (TPSA) is 12.0 Å². The van der Waals surface area contributed by atoms with Crippen molar-refractivity contribution >= 4 is 0 Å². The predicted molar refractivity (Wildman–Crippen MR) is 65.9 cm³/mol. The van der Waals surface area contributed by atoms with Crippen molar-refractivity contribution < 1.29 is 13.2 Å². The van der Waals surface area contributed by atoms with Crippen molar-refractivity contribution in [2.24, 2.45) is 0 Å². The van der Waals surface area contributed by atoms with E-state index in [0.29, 0.717) is 18.5 Å². The lowest BCUT2D eigenvalue weighted by atomic mass is 10.0. The van der Waals surface area contributed by atoms with Crippen molar-refractivity contribution in [2.75, 3.05) is 6.54 Å². The van der Waals surface area contributed by atoms with Gasteiger partial charge in [0.25, 0.3) is 0 Å². The lowest BCUT2D eigenvalue weighted by Crippen LogP contribution is -2.20. The molecule has 18 heavy (non-hydrogen) atoms. The van der Waals surface area contributed by atoms with E-state index in [1.807, 2.05) is 6.92 Å². The van der Waals surface area contributed by atoms with Crippen LogP contribution in [0.4, 0.5) is 13.2 Å². The number of halogens is 3. The fourth-order valence-electron chi connectivity index (χ4n) is 1.58. The van der Waals surface area contributed by atoms with Gasteiger partial charge in [-0.25, -0.2) is 0 Å². The normalized spacial score (nSPS) is 12.7. The third kappa shape index (κ3) is 4.42. The van der Waals surface area contributed by atoms with Crippen LogP contribution in [0.3, 0.4) is 0 Å². The van der Waals surface area contributed by atoms with Gasteiger partial charge in [-0.3, -0.25) is 0 Å². The lowest BCUT2D eigenvalue weighted by molar-refractivity contribution is -0.137. The van der Waals surface area contributed by atoms with E-state index in [-0.39, 0.29) is 6.04 Å². The molecular formula is C14H16F3N. The van der Waals surface area contributed by atoms with Gasteiger partial charge in [0.1, 0.15) is 0 Å². The Morgan fingerprint density at radius 1 is 1.33 bits per heavy atom. The number of benzene rings is 1. The Morgan fingerprint density at radius 3 is 2.67 bits per heavy atom. The van der Waals surface area contributed by atoms with Gasteiger partial charge in [-0.1, -0.05) is 12.1 Å². The molecule has 1 aromatic carbocycles. The van der Waals surface area contributed by atoms with Crippen molar-refractivity contribution in [3.05, 3.63) is 35.4 Å². The molecule has 0 heterocycles. The first-order chi connectivity index (χ1) is 8.45. The molecule has 1 aromatic rings. The summed E-state index contributed by atoms with van der Waals surface area (Å²) < 4.78 is 37.6. The first-order valence-corrected chi connectivity index (χ1v) is 5.75. The molecule has 1 atom stereocenters. The van der Waals surface area contributed by atoms with Crippen LogP contribution < -0.4 is 5.32 Å². The van der Waals surface area contributed by atoms with Crippen molar-refractivity contribution in [3.8, 4) is 11.8 Å². The highest BCUT2D eigenvalue weighted by Gasteiger charge is 2.30. The summed E-state index contributed by atoms with van der Waals surface area (Å²) in [5, 5.41) is 3.14. The second kappa shape index (κ2) is 6.46. The summed E-state index contributed by atoms with van der Waals surface area (Å²) in [7, 11) is 0. The van der Waals surface area contributed by atoms with E-state index >= 15 is 0 Å². The quantitative estimate of drug-likeness (QED) is 0.638. The van der Waals surface area contributed by atoms with E-state index < -0.39 is 11.7 Å². The highest BCUT2D eigenvalue weighted by Crippen LogP contribution is 2.30. The summed E-state index contributed by atoms with van der Waals surface area (Å²) in [6, 6.07) is 5.27. The largest absolute Gasteiger partial charge is 0.416 e. The zero-order valence-corrected chi connectivity index (χ0v) is 10.4. The second-order valence-electron chi connectivity index (χ2n) is 3.98. The van der Waals surface area contributed by atoms with Crippen LogP contribution in [0.5, 0.6) is 0 Å². The van der Waals surface area contributed by atoms with Gasteiger partial charge in [-0.2, -0.15) is 13.2 Å². The van der Waals surface area contributed by atoms with Gasteiger partial charge in [-0.15, -0.1) is 11.8 Å². The Balaban J connectivity index is 2.67. The van der Waals surface area contributed by atoms with Gasteiger partial charge >= 0.3 is 6.18 Å². The molecule has 0 fully saturated rings. The van der Waals surface area contributed by atoms with Crippen molar-refractivity contribution in [1.82, 2.24) is 5.32 Å². The predicted octanol–water partition coefficient (Wildman–Crippen LogP) is 3.77. The fraction of sp³-hybridized carbons (Fsp3) is 0.429. The molecule has 0 saturated carbocycles. The summed E-state index contributed by atoms with van der Waals surface area (Å²) in [6.07, 6.45) is -3.59. The van der Waals surface area contributed by atoms with Crippen LogP contribution >= 0.6 is 0 Å². The Hall–Kier alpha value is -1.47. The maximum Gasteiger partial charge on any atom is 0.416 e. The highest BCUT2D eigenvalue weighted by molar-refractivity contribution is 5.27. The smallest absolute Gasteiger partial charge is 0.309 e.